The van der Waals surface area contributed by atoms with Crippen LogP contribution in [-0.2, 0) is 6.54 Å². The second-order valence-corrected chi connectivity index (χ2v) is 9.53. The van der Waals surface area contributed by atoms with Crippen molar-refractivity contribution in [2.24, 2.45) is 5.92 Å². The highest BCUT2D eigenvalue weighted by Gasteiger charge is 2.34. The number of nitrogens with zero attached hydrogens (tertiary/aromatic N) is 3. The van der Waals surface area contributed by atoms with Gasteiger partial charge in [0.05, 0.1) is 12.6 Å². The van der Waals surface area contributed by atoms with E-state index in [0.29, 0.717) is 30.8 Å². The Hall–Kier alpha value is -3.36. The van der Waals surface area contributed by atoms with Crippen LogP contribution in [0.1, 0.15) is 29.8 Å². The predicted octanol–water partition coefficient (Wildman–Crippen LogP) is 4.38. The second-order valence-electron chi connectivity index (χ2n) is 9.53. The smallest absolute Gasteiger partial charge is 0.259 e. The van der Waals surface area contributed by atoms with Gasteiger partial charge >= 0.3 is 0 Å². The molecule has 36 heavy (non-hydrogen) atoms. The highest BCUT2D eigenvalue weighted by molar-refractivity contribution is 5.98. The zero-order valence-electron chi connectivity index (χ0n) is 20.7. The van der Waals surface area contributed by atoms with Crippen LogP contribution in [0.2, 0.25) is 0 Å². The average Bonchev–Trinajstić information content (AvgIpc) is 2.87. The quantitative estimate of drug-likeness (QED) is 0.527. The Morgan fingerprint density at radius 2 is 1.75 bits per heavy atom. The van der Waals surface area contributed by atoms with Crippen molar-refractivity contribution in [1.29, 1.82) is 0 Å². The molecule has 4 rings (SSSR count). The Bertz CT molecular complexity index is 1190. The van der Waals surface area contributed by atoms with E-state index < -0.39 is 6.04 Å². The van der Waals surface area contributed by atoms with Crippen LogP contribution >= 0.6 is 0 Å². The fourth-order valence-corrected chi connectivity index (χ4v) is 4.39. The number of aliphatic hydroxyl groups excluding tert-OH is 1. The zero-order chi connectivity index (χ0) is 25.8. The molecule has 0 unspecified atom stereocenters. The zero-order valence-corrected chi connectivity index (χ0v) is 20.7. The van der Waals surface area contributed by atoms with Crippen LogP contribution in [0.25, 0.3) is 11.1 Å². The minimum Gasteiger partial charge on any atom is -0.472 e. The number of rotatable bonds is 7. The summed E-state index contributed by atoms with van der Waals surface area (Å²) in [5, 5.41) is 9.84. The van der Waals surface area contributed by atoms with Gasteiger partial charge in [-0.1, -0.05) is 31.2 Å². The molecule has 0 bridgehead atoms. The number of halogens is 2. The molecule has 2 heterocycles. The highest BCUT2D eigenvalue weighted by atomic mass is 19.1. The number of carbonyl (C=O) groups is 1. The topological polar surface area (TPSA) is 65.9 Å². The van der Waals surface area contributed by atoms with Crippen molar-refractivity contribution in [2.75, 3.05) is 26.7 Å². The molecular weight excluding hydrogens is 464 g/mol. The van der Waals surface area contributed by atoms with Crippen LogP contribution in [-0.4, -0.2) is 64.7 Å². The van der Waals surface area contributed by atoms with Crippen molar-refractivity contribution in [3.8, 4) is 17.0 Å². The lowest BCUT2D eigenvalue weighted by atomic mass is 9.99. The third-order valence-corrected chi connectivity index (χ3v) is 6.56. The van der Waals surface area contributed by atoms with E-state index in [0.717, 1.165) is 11.1 Å². The van der Waals surface area contributed by atoms with Gasteiger partial charge in [0.2, 0.25) is 5.88 Å². The van der Waals surface area contributed by atoms with Crippen LogP contribution in [0.5, 0.6) is 5.88 Å². The van der Waals surface area contributed by atoms with Crippen LogP contribution < -0.4 is 4.74 Å². The van der Waals surface area contributed by atoms with Crippen LogP contribution in [0.4, 0.5) is 8.78 Å². The van der Waals surface area contributed by atoms with Crippen LogP contribution in [0.3, 0.4) is 0 Å². The maximum absolute atomic E-state index is 13.6. The monoisotopic (exact) mass is 495 g/mol. The van der Waals surface area contributed by atoms with Gasteiger partial charge in [-0.2, -0.15) is 0 Å². The van der Waals surface area contributed by atoms with Crippen molar-refractivity contribution in [3.63, 3.8) is 0 Å². The summed E-state index contributed by atoms with van der Waals surface area (Å²) in [5.74, 6) is -0.711. The third-order valence-electron chi connectivity index (χ3n) is 6.56. The predicted molar refractivity (Wildman–Crippen MR) is 134 cm³/mol. The maximum Gasteiger partial charge on any atom is 0.259 e. The van der Waals surface area contributed by atoms with E-state index in [1.54, 1.807) is 48.4 Å². The number of ether oxygens (including phenoxy) is 1. The van der Waals surface area contributed by atoms with E-state index in [1.165, 1.54) is 24.3 Å². The molecule has 0 aliphatic carbocycles. The fraction of sp³-hybridized carbons (Fsp3) is 0.357. The van der Waals surface area contributed by atoms with Gasteiger partial charge < -0.3 is 14.7 Å². The standard InChI is InChI=1S/C28H31F2N3O3/c1-18-14-33(19(2)17-34)28(35)25-12-22(21-6-10-24(30)11-7-21)13-31-27(25)36-26(18)16-32(3)15-20-4-8-23(29)9-5-20/h4-13,18-19,26,34H,14-17H2,1-3H3/t18-,19+,26+/m0/s1. The number of benzene rings is 2. The summed E-state index contributed by atoms with van der Waals surface area (Å²) >= 11 is 0. The van der Waals surface area contributed by atoms with Gasteiger partial charge in [-0.3, -0.25) is 9.69 Å². The van der Waals surface area contributed by atoms with Gasteiger partial charge in [-0.25, -0.2) is 13.8 Å². The normalized spacial score (nSPS) is 18.9. The second kappa shape index (κ2) is 11.1. The molecular formula is C28H31F2N3O3. The number of pyridine rings is 1. The summed E-state index contributed by atoms with van der Waals surface area (Å²) in [6.07, 6.45) is 1.32. The first-order valence-electron chi connectivity index (χ1n) is 12.0. The number of carbonyl (C=O) groups excluding carboxylic acids is 1. The maximum atomic E-state index is 13.6. The van der Waals surface area contributed by atoms with Crippen molar-refractivity contribution < 1.29 is 23.4 Å². The first kappa shape index (κ1) is 25.7. The molecule has 0 saturated carbocycles. The Morgan fingerprint density at radius 1 is 1.11 bits per heavy atom. The molecule has 3 aromatic rings. The van der Waals surface area contributed by atoms with Crippen molar-refractivity contribution >= 4 is 5.91 Å². The molecule has 1 aromatic heterocycles. The molecule has 1 aliphatic rings. The minimum absolute atomic E-state index is 0.0506. The van der Waals surface area contributed by atoms with Crippen LogP contribution in [0.15, 0.2) is 60.8 Å². The first-order chi connectivity index (χ1) is 17.2. The average molecular weight is 496 g/mol. The van der Waals surface area contributed by atoms with Crippen molar-refractivity contribution in [3.05, 3.63) is 83.6 Å². The molecule has 1 N–H and O–H groups in total. The van der Waals surface area contributed by atoms with Gasteiger partial charge in [0.25, 0.3) is 5.91 Å². The molecule has 0 fully saturated rings. The van der Waals surface area contributed by atoms with Gasteiger partial charge in [0.15, 0.2) is 0 Å². The number of fused-ring (bicyclic) bond motifs is 1. The van der Waals surface area contributed by atoms with E-state index in [2.05, 4.69) is 9.88 Å². The summed E-state index contributed by atoms with van der Waals surface area (Å²) < 4.78 is 33.0. The van der Waals surface area contributed by atoms with E-state index in [-0.39, 0.29) is 42.1 Å². The lowest BCUT2D eigenvalue weighted by Crippen LogP contribution is -2.49. The lowest BCUT2D eigenvalue weighted by molar-refractivity contribution is 0.0325. The summed E-state index contributed by atoms with van der Waals surface area (Å²) in [7, 11) is 1.96. The number of hydrogen-bond donors (Lipinski definition) is 1. The molecule has 1 aliphatic heterocycles. The highest BCUT2D eigenvalue weighted by Crippen LogP contribution is 2.30. The SMILES string of the molecule is C[C@H](CO)N1C[C@H](C)[C@@H](CN(C)Cc2ccc(F)cc2)Oc2ncc(-c3ccc(F)cc3)cc2C1=O. The van der Waals surface area contributed by atoms with Gasteiger partial charge in [0.1, 0.15) is 23.3 Å². The Balaban J connectivity index is 1.64. The van der Waals surface area contributed by atoms with Crippen LogP contribution in [0, 0.1) is 17.6 Å². The first-order valence-corrected chi connectivity index (χ1v) is 12.0. The number of likely N-dealkylation sites (N-methyl/N-ethyl adjacent to an activating group) is 1. The summed E-state index contributed by atoms with van der Waals surface area (Å²) in [4.78, 5) is 21.8. The molecule has 3 atom stereocenters. The number of amides is 1. The van der Waals surface area contributed by atoms with E-state index in [1.807, 2.05) is 14.0 Å². The molecule has 0 saturated heterocycles. The molecule has 1 amide bonds. The lowest BCUT2D eigenvalue weighted by Gasteiger charge is -2.37. The third kappa shape index (κ3) is 5.88. The largest absolute Gasteiger partial charge is 0.472 e. The van der Waals surface area contributed by atoms with Crippen molar-refractivity contribution in [2.45, 2.75) is 32.5 Å². The Labute approximate surface area is 210 Å². The number of hydrogen-bond acceptors (Lipinski definition) is 5. The van der Waals surface area contributed by atoms with E-state index in [4.69, 9.17) is 4.74 Å². The molecule has 6 nitrogen and oxygen atoms in total. The fourth-order valence-electron chi connectivity index (χ4n) is 4.39. The molecule has 2 aromatic carbocycles. The summed E-state index contributed by atoms with van der Waals surface area (Å²) in [6.45, 7) is 5.20. The molecule has 0 spiro atoms. The number of aromatic nitrogens is 1. The summed E-state index contributed by atoms with van der Waals surface area (Å²) in [5.41, 5.74) is 2.67. The van der Waals surface area contributed by atoms with Crippen molar-refractivity contribution in [1.82, 2.24) is 14.8 Å². The minimum atomic E-state index is -0.391. The van der Waals surface area contributed by atoms with E-state index in [9.17, 15) is 18.7 Å². The molecule has 0 radical (unpaired) electrons. The van der Waals surface area contributed by atoms with E-state index >= 15 is 0 Å². The van der Waals surface area contributed by atoms with Gasteiger partial charge in [-0.05, 0) is 55.4 Å². The summed E-state index contributed by atoms with van der Waals surface area (Å²) in [6, 6.07) is 13.7. The number of aliphatic hydroxyl groups is 1. The van der Waals surface area contributed by atoms with Gasteiger partial charge in [0, 0.05) is 37.3 Å². The molecule has 190 valence electrons. The van der Waals surface area contributed by atoms with Gasteiger partial charge in [-0.15, -0.1) is 0 Å². The molecule has 8 heteroatoms. The Kier molecular flexibility index (Phi) is 7.96. The Morgan fingerprint density at radius 3 is 2.39 bits per heavy atom.